The van der Waals surface area contributed by atoms with Gasteiger partial charge in [-0.15, -0.1) is 22.7 Å². The van der Waals surface area contributed by atoms with Crippen LogP contribution in [-0.2, 0) is 0 Å². The minimum Gasteiger partial charge on any atom is -0.345 e. The largest absolute Gasteiger partial charge is 0.345 e. The number of carbonyl (C=O) groups is 1. The molecule has 0 saturated heterocycles. The molecular weight excluding hydrogens is 353 g/mol. The van der Waals surface area contributed by atoms with Crippen molar-refractivity contribution in [3.05, 3.63) is 42.3 Å². The third kappa shape index (κ3) is 2.83. The van der Waals surface area contributed by atoms with Gasteiger partial charge in [0.05, 0.1) is 14.5 Å². The van der Waals surface area contributed by atoms with Crippen LogP contribution < -0.4 is 5.32 Å². The van der Waals surface area contributed by atoms with E-state index in [1.165, 1.54) is 4.88 Å². The topological polar surface area (TPSA) is 29.1 Å². The number of halogens is 1. The number of thiophene rings is 2. The molecule has 0 fully saturated rings. The summed E-state index contributed by atoms with van der Waals surface area (Å²) in [5.41, 5.74) is 0.748. The van der Waals surface area contributed by atoms with Gasteiger partial charge in [0, 0.05) is 10.3 Å². The molecule has 0 aromatic carbocycles. The van der Waals surface area contributed by atoms with Crippen molar-refractivity contribution in [2.45, 2.75) is 13.0 Å². The lowest BCUT2D eigenvalue weighted by molar-refractivity contribution is 0.0941. The molecule has 2 rings (SSSR count). The molecule has 2 aromatic rings. The van der Waals surface area contributed by atoms with Crippen molar-refractivity contribution in [2.24, 2.45) is 0 Å². The van der Waals surface area contributed by atoms with E-state index >= 15 is 0 Å². The number of carbonyl (C=O) groups excluding carboxylic acids is 1. The van der Waals surface area contributed by atoms with Crippen LogP contribution in [0.2, 0.25) is 0 Å². The number of hydrogen-bond acceptors (Lipinski definition) is 3. The zero-order valence-corrected chi connectivity index (χ0v) is 12.4. The molecule has 1 N–H and O–H groups in total. The van der Waals surface area contributed by atoms with Crippen LogP contribution in [0.3, 0.4) is 0 Å². The first-order valence-corrected chi connectivity index (χ1v) is 7.59. The molecule has 5 heteroatoms. The zero-order valence-electron chi connectivity index (χ0n) is 8.57. The Morgan fingerprint density at radius 3 is 2.88 bits per heavy atom. The summed E-state index contributed by atoms with van der Waals surface area (Å²) in [7, 11) is 0. The molecule has 2 aromatic heterocycles. The molecule has 2 heterocycles. The highest BCUT2D eigenvalue weighted by Gasteiger charge is 2.12. The monoisotopic (exact) mass is 363 g/mol. The lowest BCUT2D eigenvalue weighted by Crippen LogP contribution is -2.25. The van der Waals surface area contributed by atoms with E-state index in [0.29, 0.717) is 0 Å². The second kappa shape index (κ2) is 5.29. The van der Waals surface area contributed by atoms with Crippen molar-refractivity contribution < 1.29 is 4.79 Å². The fourth-order valence-corrected chi connectivity index (χ4v) is 3.38. The van der Waals surface area contributed by atoms with E-state index in [9.17, 15) is 4.79 Å². The predicted molar refractivity (Wildman–Crippen MR) is 77.2 cm³/mol. The van der Waals surface area contributed by atoms with Crippen molar-refractivity contribution in [1.29, 1.82) is 0 Å². The molecule has 2 nitrogen and oxygen atoms in total. The van der Waals surface area contributed by atoms with Gasteiger partial charge in [0.1, 0.15) is 0 Å². The average Bonchev–Trinajstić information content (AvgIpc) is 2.87. The first-order chi connectivity index (χ1) is 7.66. The maximum absolute atomic E-state index is 11.9. The lowest BCUT2D eigenvalue weighted by Gasteiger charge is -2.11. The van der Waals surface area contributed by atoms with Gasteiger partial charge in [-0.3, -0.25) is 4.79 Å². The van der Waals surface area contributed by atoms with E-state index in [-0.39, 0.29) is 11.9 Å². The Hall–Kier alpha value is -0.400. The third-order valence-electron chi connectivity index (χ3n) is 2.15. The molecule has 84 valence electrons. The van der Waals surface area contributed by atoms with Crippen LogP contribution in [0.15, 0.2) is 29.0 Å². The van der Waals surface area contributed by atoms with E-state index in [0.717, 1.165) is 8.45 Å². The quantitative estimate of drug-likeness (QED) is 0.824. The van der Waals surface area contributed by atoms with Crippen molar-refractivity contribution in [1.82, 2.24) is 5.32 Å². The molecule has 0 bridgehead atoms. The molecular formula is C11H10INOS2. The maximum atomic E-state index is 11.9. The number of hydrogen-bond donors (Lipinski definition) is 1. The van der Waals surface area contributed by atoms with E-state index in [1.807, 2.05) is 35.9 Å². The van der Waals surface area contributed by atoms with Gasteiger partial charge >= 0.3 is 0 Å². The SMILES string of the molecule is CC(NC(=O)c1csc(I)c1)c1cccs1. The van der Waals surface area contributed by atoms with E-state index in [4.69, 9.17) is 0 Å². The van der Waals surface area contributed by atoms with Crippen molar-refractivity contribution >= 4 is 51.2 Å². The minimum atomic E-state index is 0.0000611. The van der Waals surface area contributed by atoms with E-state index in [1.54, 1.807) is 22.7 Å². The zero-order chi connectivity index (χ0) is 11.5. The second-order valence-corrected chi connectivity index (χ2v) is 7.13. The molecule has 0 aliphatic carbocycles. The van der Waals surface area contributed by atoms with Gasteiger partial charge in [0.25, 0.3) is 5.91 Å². The second-order valence-electron chi connectivity index (χ2n) is 3.35. The molecule has 1 amide bonds. The van der Waals surface area contributed by atoms with Gasteiger partial charge < -0.3 is 5.32 Å². The molecule has 1 unspecified atom stereocenters. The number of nitrogens with one attached hydrogen (secondary N) is 1. The standard InChI is InChI=1S/C11H10INOS2/c1-7(9-3-2-4-15-9)13-11(14)8-5-10(12)16-6-8/h2-7H,1H3,(H,13,14). The van der Waals surface area contributed by atoms with Crippen molar-refractivity contribution in [3.63, 3.8) is 0 Å². The summed E-state index contributed by atoms with van der Waals surface area (Å²) in [6.07, 6.45) is 0. The summed E-state index contributed by atoms with van der Waals surface area (Å²) in [4.78, 5) is 13.0. The normalized spacial score (nSPS) is 12.4. The average molecular weight is 363 g/mol. The van der Waals surface area contributed by atoms with Crippen LogP contribution in [0.4, 0.5) is 0 Å². The molecule has 16 heavy (non-hydrogen) atoms. The first kappa shape index (κ1) is 12.1. The molecule has 0 aliphatic rings. The van der Waals surface area contributed by atoms with Crippen LogP contribution in [-0.4, -0.2) is 5.91 Å². The first-order valence-electron chi connectivity index (χ1n) is 4.75. The Morgan fingerprint density at radius 1 is 1.50 bits per heavy atom. The maximum Gasteiger partial charge on any atom is 0.252 e. The number of rotatable bonds is 3. The third-order valence-corrected chi connectivity index (χ3v) is 4.99. The Labute approximate surface area is 116 Å². The van der Waals surface area contributed by atoms with Gasteiger partial charge in [-0.05, 0) is 47.0 Å². The van der Waals surface area contributed by atoms with E-state index < -0.39 is 0 Å². The van der Waals surface area contributed by atoms with Crippen LogP contribution in [0.25, 0.3) is 0 Å². The summed E-state index contributed by atoms with van der Waals surface area (Å²) < 4.78 is 1.13. The predicted octanol–water partition coefficient (Wildman–Crippen LogP) is 3.91. The van der Waals surface area contributed by atoms with Crippen LogP contribution in [0.5, 0.6) is 0 Å². The lowest BCUT2D eigenvalue weighted by atomic mass is 10.2. The van der Waals surface area contributed by atoms with Crippen LogP contribution in [0, 0.1) is 2.88 Å². The molecule has 0 saturated carbocycles. The smallest absolute Gasteiger partial charge is 0.252 e. The minimum absolute atomic E-state index is 0.0000611. The van der Waals surface area contributed by atoms with E-state index in [2.05, 4.69) is 27.9 Å². The summed E-state index contributed by atoms with van der Waals surface area (Å²) in [5.74, 6) is 0.0000611. The summed E-state index contributed by atoms with van der Waals surface area (Å²) in [5, 5.41) is 6.89. The molecule has 1 atom stereocenters. The Morgan fingerprint density at radius 2 is 2.31 bits per heavy atom. The molecule has 0 aliphatic heterocycles. The van der Waals surface area contributed by atoms with Gasteiger partial charge in [-0.1, -0.05) is 6.07 Å². The fraction of sp³-hybridized carbons (Fsp3) is 0.182. The number of amides is 1. The Bertz CT molecular complexity index is 478. The van der Waals surface area contributed by atoms with Gasteiger partial charge in [0.15, 0.2) is 0 Å². The van der Waals surface area contributed by atoms with Gasteiger partial charge in [-0.25, -0.2) is 0 Å². The summed E-state index contributed by atoms with van der Waals surface area (Å²) in [6.45, 7) is 2.00. The highest BCUT2D eigenvalue weighted by molar-refractivity contribution is 14.1. The molecule has 0 radical (unpaired) electrons. The van der Waals surface area contributed by atoms with Crippen molar-refractivity contribution in [2.75, 3.05) is 0 Å². The molecule has 0 spiro atoms. The summed E-state index contributed by atoms with van der Waals surface area (Å²) >= 11 is 5.46. The van der Waals surface area contributed by atoms with Crippen molar-refractivity contribution in [3.8, 4) is 0 Å². The van der Waals surface area contributed by atoms with Crippen LogP contribution in [0.1, 0.15) is 28.2 Å². The Kier molecular flexibility index (Phi) is 3.99. The fourth-order valence-electron chi connectivity index (χ4n) is 1.32. The highest BCUT2D eigenvalue weighted by atomic mass is 127. The van der Waals surface area contributed by atoms with Gasteiger partial charge in [0.2, 0.25) is 0 Å². The Balaban J connectivity index is 2.03. The highest BCUT2D eigenvalue weighted by Crippen LogP contribution is 2.20. The van der Waals surface area contributed by atoms with Gasteiger partial charge in [-0.2, -0.15) is 0 Å². The van der Waals surface area contributed by atoms with Crippen LogP contribution >= 0.6 is 45.3 Å². The summed E-state index contributed by atoms with van der Waals surface area (Å²) in [6, 6.07) is 6.01.